The van der Waals surface area contributed by atoms with Gasteiger partial charge in [-0.25, -0.2) is 8.42 Å². The number of sulfone groups is 1. The van der Waals surface area contributed by atoms with Gasteiger partial charge in [-0.1, -0.05) is 0 Å². The zero-order valence-electron chi connectivity index (χ0n) is 11.3. The zero-order chi connectivity index (χ0) is 13.6. The molecule has 0 saturated heterocycles. The van der Waals surface area contributed by atoms with Gasteiger partial charge in [-0.2, -0.15) is 0 Å². The zero-order valence-corrected chi connectivity index (χ0v) is 12.1. The molecule has 0 atom stereocenters. The Balaban J connectivity index is 2.12. The van der Waals surface area contributed by atoms with Gasteiger partial charge in [0, 0.05) is 25.9 Å². The number of likely N-dealkylation sites (N-methyl/N-ethyl adjacent to an activating group) is 1. The van der Waals surface area contributed by atoms with Crippen LogP contribution in [-0.2, 0) is 16.4 Å². The Morgan fingerprint density at radius 3 is 2.61 bits per heavy atom. The second kappa shape index (κ2) is 6.92. The first-order valence-corrected chi connectivity index (χ1v) is 8.05. The number of nitrogens with one attached hydrogen (secondary N) is 1. The van der Waals surface area contributed by atoms with Crippen LogP contribution >= 0.6 is 0 Å². The van der Waals surface area contributed by atoms with Crippen LogP contribution in [0.1, 0.15) is 11.5 Å². The lowest BCUT2D eigenvalue weighted by Gasteiger charge is -2.15. The van der Waals surface area contributed by atoms with Crippen LogP contribution in [0.2, 0.25) is 0 Å². The van der Waals surface area contributed by atoms with E-state index in [9.17, 15) is 8.42 Å². The van der Waals surface area contributed by atoms with Crippen molar-refractivity contribution in [1.29, 1.82) is 0 Å². The van der Waals surface area contributed by atoms with E-state index in [1.54, 1.807) is 0 Å². The smallest absolute Gasteiger partial charge is 0.148 e. The van der Waals surface area contributed by atoms with Crippen LogP contribution in [0.25, 0.3) is 0 Å². The summed E-state index contributed by atoms with van der Waals surface area (Å²) in [6.07, 6.45) is 1.25. The lowest BCUT2D eigenvalue weighted by molar-refractivity contribution is 0.292. The number of aryl methyl sites for hydroxylation is 1. The van der Waals surface area contributed by atoms with E-state index in [1.807, 2.05) is 26.1 Å². The quantitative estimate of drug-likeness (QED) is 0.705. The third kappa shape index (κ3) is 6.78. The Labute approximate surface area is 109 Å². The van der Waals surface area contributed by atoms with Crippen LogP contribution in [0, 0.1) is 6.92 Å². The van der Waals surface area contributed by atoms with Gasteiger partial charge in [0.15, 0.2) is 0 Å². The normalized spacial score (nSPS) is 12.2. The maximum absolute atomic E-state index is 10.9. The van der Waals surface area contributed by atoms with Gasteiger partial charge in [-0.05, 0) is 26.1 Å². The highest BCUT2D eigenvalue weighted by Gasteiger charge is 2.04. The molecule has 6 heteroatoms. The van der Waals surface area contributed by atoms with E-state index in [-0.39, 0.29) is 5.75 Å². The highest BCUT2D eigenvalue weighted by Crippen LogP contribution is 2.07. The molecule has 5 nitrogen and oxygen atoms in total. The molecule has 0 bridgehead atoms. The fraction of sp³-hybridized carbons (Fsp3) is 0.667. The minimum absolute atomic E-state index is 0.189. The number of furan rings is 1. The highest BCUT2D eigenvalue weighted by atomic mass is 32.2. The van der Waals surface area contributed by atoms with Crippen molar-refractivity contribution in [3.8, 4) is 0 Å². The first kappa shape index (κ1) is 15.2. The first-order valence-electron chi connectivity index (χ1n) is 5.99. The summed E-state index contributed by atoms with van der Waals surface area (Å²) < 4.78 is 27.3. The molecule has 0 spiro atoms. The van der Waals surface area contributed by atoms with Crippen molar-refractivity contribution in [3.05, 3.63) is 23.7 Å². The molecule has 1 aromatic rings. The minimum atomic E-state index is -2.86. The Hall–Kier alpha value is -0.850. The Morgan fingerprint density at radius 1 is 1.33 bits per heavy atom. The molecule has 0 fully saturated rings. The number of hydrogen-bond donors (Lipinski definition) is 1. The van der Waals surface area contributed by atoms with Crippen molar-refractivity contribution in [3.63, 3.8) is 0 Å². The van der Waals surface area contributed by atoms with E-state index in [4.69, 9.17) is 4.42 Å². The van der Waals surface area contributed by atoms with E-state index in [2.05, 4.69) is 10.2 Å². The summed E-state index contributed by atoms with van der Waals surface area (Å²) in [5, 5.41) is 3.11. The van der Waals surface area contributed by atoms with Gasteiger partial charge in [0.05, 0.1) is 12.3 Å². The molecular formula is C12H22N2O3S. The molecule has 0 amide bonds. The molecule has 1 rings (SSSR count). The largest absolute Gasteiger partial charge is 0.465 e. The Morgan fingerprint density at radius 2 is 2.06 bits per heavy atom. The van der Waals surface area contributed by atoms with Crippen molar-refractivity contribution in [2.75, 3.05) is 38.7 Å². The fourth-order valence-corrected chi connectivity index (χ4v) is 2.08. The standard InChI is InChI=1S/C12H22N2O3S/c1-11-4-5-12(17-11)10-14(2)8-6-13-7-9-18(3,15)16/h4-5,13H,6-10H2,1-3H3. The predicted octanol–water partition coefficient (Wildman–Crippen LogP) is 0.654. The van der Waals surface area contributed by atoms with Gasteiger partial charge in [0.1, 0.15) is 21.4 Å². The molecular weight excluding hydrogens is 252 g/mol. The number of nitrogens with zero attached hydrogens (tertiary/aromatic N) is 1. The predicted molar refractivity (Wildman–Crippen MR) is 72.4 cm³/mol. The van der Waals surface area contributed by atoms with Gasteiger partial charge >= 0.3 is 0 Å². The fourth-order valence-electron chi connectivity index (χ4n) is 1.57. The number of hydrogen-bond acceptors (Lipinski definition) is 5. The molecule has 1 N–H and O–H groups in total. The molecule has 0 radical (unpaired) electrons. The van der Waals surface area contributed by atoms with Gasteiger partial charge < -0.3 is 9.73 Å². The molecule has 18 heavy (non-hydrogen) atoms. The molecule has 0 aliphatic rings. The molecule has 1 heterocycles. The van der Waals surface area contributed by atoms with Crippen LogP contribution in [0.3, 0.4) is 0 Å². The van der Waals surface area contributed by atoms with Crippen LogP contribution in [-0.4, -0.2) is 52.0 Å². The van der Waals surface area contributed by atoms with Crippen molar-refractivity contribution < 1.29 is 12.8 Å². The van der Waals surface area contributed by atoms with Crippen LogP contribution in [0.5, 0.6) is 0 Å². The summed E-state index contributed by atoms with van der Waals surface area (Å²) in [6, 6.07) is 3.93. The minimum Gasteiger partial charge on any atom is -0.465 e. The summed E-state index contributed by atoms with van der Waals surface area (Å²) in [5.41, 5.74) is 0. The van der Waals surface area contributed by atoms with Crippen molar-refractivity contribution in [2.24, 2.45) is 0 Å². The number of rotatable bonds is 8. The molecule has 0 aromatic carbocycles. The molecule has 0 aliphatic carbocycles. The van der Waals surface area contributed by atoms with E-state index in [0.717, 1.165) is 31.2 Å². The Kier molecular flexibility index (Phi) is 5.84. The lowest BCUT2D eigenvalue weighted by atomic mass is 10.4. The maximum atomic E-state index is 10.9. The monoisotopic (exact) mass is 274 g/mol. The molecule has 0 saturated carbocycles. The van der Waals surface area contributed by atoms with Gasteiger partial charge in [0.25, 0.3) is 0 Å². The molecule has 0 aliphatic heterocycles. The highest BCUT2D eigenvalue weighted by molar-refractivity contribution is 7.90. The van der Waals surface area contributed by atoms with Crippen molar-refractivity contribution >= 4 is 9.84 Å². The van der Waals surface area contributed by atoms with Gasteiger partial charge in [-0.3, -0.25) is 4.90 Å². The summed E-state index contributed by atoms with van der Waals surface area (Å²) in [4.78, 5) is 2.13. The second-order valence-electron chi connectivity index (χ2n) is 4.63. The second-order valence-corrected chi connectivity index (χ2v) is 6.89. The first-order chi connectivity index (χ1) is 8.37. The third-order valence-corrected chi connectivity index (χ3v) is 3.49. The average molecular weight is 274 g/mol. The van der Waals surface area contributed by atoms with Crippen LogP contribution in [0.15, 0.2) is 16.5 Å². The average Bonchev–Trinajstić information content (AvgIpc) is 2.61. The van der Waals surface area contributed by atoms with E-state index < -0.39 is 9.84 Å². The molecule has 1 aromatic heterocycles. The Bertz CT molecular complexity index is 454. The topological polar surface area (TPSA) is 62.6 Å². The van der Waals surface area contributed by atoms with E-state index in [1.165, 1.54) is 6.26 Å². The summed E-state index contributed by atoms with van der Waals surface area (Å²) in [7, 11) is -0.852. The van der Waals surface area contributed by atoms with Gasteiger partial charge in [-0.15, -0.1) is 0 Å². The molecule has 104 valence electrons. The van der Waals surface area contributed by atoms with E-state index in [0.29, 0.717) is 6.54 Å². The lowest BCUT2D eigenvalue weighted by Crippen LogP contribution is -2.31. The van der Waals surface area contributed by atoms with Crippen LogP contribution in [0.4, 0.5) is 0 Å². The summed E-state index contributed by atoms with van der Waals surface area (Å²) in [6.45, 7) is 4.82. The van der Waals surface area contributed by atoms with Crippen molar-refractivity contribution in [2.45, 2.75) is 13.5 Å². The SMILES string of the molecule is Cc1ccc(CN(C)CCNCCS(C)(=O)=O)o1. The summed E-state index contributed by atoms with van der Waals surface area (Å²) in [5.74, 6) is 2.06. The third-order valence-electron chi connectivity index (χ3n) is 2.54. The van der Waals surface area contributed by atoms with Crippen LogP contribution < -0.4 is 5.32 Å². The molecule has 0 unspecified atom stereocenters. The maximum Gasteiger partial charge on any atom is 0.148 e. The van der Waals surface area contributed by atoms with Gasteiger partial charge in [0.2, 0.25) is 0 Å². The van der Waals surface area contributed by atoms with E-state index >= 15 is 0 Å². The van der Waals surface area contributed by atoms with Crippen molar-refractivity contribution in [1.82, 2.24) is 10.2 Å². The summed E-state index contributed by atoms with van der Waals surface area (Å²) >= 11 is 0.